The monoisotopic (exact) mass is 350 g/mol. The molecule has 0 N–H and O–H groups in total. The number of hydrogen-bond acceptors (Lipinski definition) is 1. The number of benzene rings is 3. The molecule has 3 aromatic carbocycles. The zero-order chi connectivity index (χ0) is 18.6. The first-order chi connectivity index (χ1) is 13.2. The van der Waals surface area contributed by atoms with Crippen molar-refractivity contribution in [2.75, 3.05) is 0 Å². The van der Waals surface area contributed by atoms with Crippen LogP contribution < -0.4 is 0 Å². The van der Waals surface area contributed by atoms with Gasteiger partial charge in [-0.1, -0.05) is 91.0 Å². The quantitative estimate of drug-likeness (QED) is 0.394. The van der Waals surface area contributed by atoms with E-state index in [0.717, 1.165) is 17.0 Å². The largest absolute Gasteiger partial charge is 0.333 e. The summed E-state index contributed by atoms with van der Waals surface area (Å²) in [7, 11) is 2.05. The van der Waals surface area contributed by atoms with E-state index < -0.39 is 0 Å². The molecule has 132 valence electrons. The third kappa shape index (κ3) is 3.47. The van der Waals surface area contributed by atoms with Gasteiger partial charge in [-0.2, -0.15) is 0 Å². The van der Waals surface area contributed by atoms with Crippen LogP contribution in [-0.4, -0.2) is 9.55 Å². The van der Waals surface area contributed by atoms with Crippen LogP contribution >= 0.6 is 0 Å². The third-order valence-electron chi connectivity index (χ3n) is 4.77. The van der Waals surface area contributed by atoms with Crippen molar-refractivity contribution in [2.24, 2.45) is 7.05 Å². The van der Waals surface area contributed by atoms with Crippen LogP contribution in [-0.2, 0) is 7.05 Å². The Morgan fingerprint density at radius 1 is 0.815 bits per heavy atom. The lowest BCUT2D eigenvalue weighted by Crippen LogP contribution is -1.93. The number of aromatic nitrogens is 2. The molecule has 4 rings (SSSR count). The van der Waals surface area contributed by atoms with Crippen LogP contribution in [0.2, 0.25) is 0 Å². The van der Waals surface area contributed by atoms with Crippen LogP contribution in [0.5, 0.6) is 0 Å². The first kappa shape index (κ1) is 17.0. The van der Waals surface area contributed by atoms with Crippen molar-refractivity contribution in [2.45, 2.75) is 6.92 Å². The average Bonchev–Trinajstić information content (AvgIpc) is 3.10. The Labute approximate surface area is 160 Å². The Morgan fingerprint density at radius 2 is 1.44 bits per heavy atom. The van der Waals surface area contributed by atoms with Gasteiger partial charge in [0.2, 0.25) is 0 Å². The highest BCUT2D eigenvalue weighted by Crippen LogP contribution is 2.35. The van der Waals surface area contributed by atoms with Crippen molar-refractivity contribution in [3.8, 4) is 22.5 Å². The van der Waals surface area contributed by atoms with Crippen LogP contribution in [0.1, 0.15) is 18.1 Å². The third-order valence-corrected chi connectivity index (χ3v) is 4.77. The van der Waals surface area contributed by atoms with Gasteiger partial charge < -0.3 is 4.57 Å². The summed E-state index contributed by atoms with van der Waals surface area (Å²) >= 11 is 0. The summed E-state index contributed by atoms with van der Waals surface area (Å²) in [4.78, 5) is 4.75. The SMILES string of the molecule is C/C(=C\c1ccccc1)c1ccccc1-c1ncn(C)c1-c1ccccc1. The van der Waals surface area contributed by atoms with Crippen molar-refractivity contribution in [3.05, 3.63) is 102 Å². The molecular weight excluding hydrogens is 328 g/mol. The normalized spacial score (nSPS) is 11.6. The summed E-state index contributed by atoms with van der Waals surface area (Å²) in [5.41, 5.74) is 8.11. The number of hydrogen-bond donors (Lipinski definition) is 0. The molecule has 0 fully saturated rings. The molecule has 0 aliphatic heterocycles. The smallest absolute Gasteiger partial charge is 0.0969 e. The lowest BCUT2D eigenvalue weighted by molar-refractivity contribution is 0.921. The minimum atomic E-state index is 1.01. The van der Waals surface area contributed by atoms with E-state index in [4.69, 9.17) is 4.98 Å². The topological polar surface area (TPSA) is 17.8 Å². The van der Waals surface area contributed by atoms with Gasteiger partial charge in [-0.05, 0) is 23.6 Å². The summed E-state index contributed by atoms with van der Waals surface area (Å²) in [6.07, 6.45) is 4.12. The van der Waals surface area contributed by atoms with E-state index in [1.165, 1.54) is 22.3 Å². The summed E-state index contributed by atoms with van der Waals surface area (Å²) in [6.45, 7) is 2.16. The first-order valence-corrected chi connectivity index (χ1v) is 9.14. The van der Waals surface area contributed by atoms with Gasteiger partial charge in [0.25, 0.3) is 0 Å². The van der Waals surface area contributed by atoms with E-state index in [9.17, 15) is 0 Å². The fraction of sp³-hybridized carbons (Fsp3) is 0.0800. The molecule has 1 heterocycles. The number of rotatable bonds is 4. The highest BCUT2D eigenvalue weighted by Gasteiger charge is 2.16. The fourth-order valence-corrected chi connectivity index (χ4v) is 3.47. The number of imidazole rings is 1. The van der Waals surface area contributed by atoms with Gasteiger partial charge >= 0.3 is 0 Å². The van der Waals surface area contributed by atoms with E-state index >= 15 is 0 Å². The van der Waals surface area contributed by atoms with E-state index in [1.807, 2.05) is 25.5 Å². The second kappa shape index (κ2) is 7.46. The molecule has 0 spiro atoms. The molecule has 4 aromatic rings. The molecule has 0 saturated carbocycles. The molecule has 0 radical (unpaired) electrons. The lowest BCUT2D eigenvalue weighted by atomic mass is 9.95. The van der Waals surface area contributed by atoms with E-state index in [0.29, 0.717) is 0 Å². The first-order valence-electron chi connectivity index (χ1n) is 9.14. The zero-order valence-corrected chi connectivity index (χ0v) is 15.6. The van der Waals surface area contributed by atoms with Crippen molar-refractivity contribution in [1.29, 1.82) is 0 Å². The van der Waals surface area contributed by atoms with Crippen molar-refractivity contribution in [1.82, 2.24) is 9.55 Å². The molecular formula is C25H22N2. The Morgan fingerprint density at radius 3 is 2.19 bits per heavy atom. The van der Waals surface area contributed by atoms with Gasteiger partial charge in [0.15, 0.2) is 0 Å². The molecule has 0 unspecified atom stereocenters. The Bertz CT molecular complexity index is 1070. The van der Waals surface area contributed by atoms with Gasteiger partial charge in [0.05, 0.1) is 17.7 Å². The average molecular weight is 350 g/mol. The zero-order valence-electron chi connectivity index (χ0n) is 15.6. The molecule has 0 bridgehead atoms. The molecule has 0 aliphatic carbocycles. The van der Waals surface area contributed by atoms with Crippen molar-refractivity contribution in [3.63, 3.8) is 0 Å². The Kier molecular flexibility index (Phi) is 4.71. The Hall–Kier alpha value is -3.39. The predicted molar refractivity (Wildman–Crippen MR) is 114 cm³/mol. The molecule has 1 aromatic heterocycles. The summed E-state index contributed by atoms with van der Waals surface area (Å²) < 4.78 is 2.09. The molecule has 27 heavy (non-hydrogen) atoms. The predicted octanol–water partition coefficient (Wildman–Crippen LogP) is 6.31. The highest BCUT2D eigenvalue weighted by molar-refractivity contribution is 5.90. The van der Waals surface area contributed by atoms with Gasteiger partial charge in [-0.3, -0.25) is 0 Å². The molecule has 0 atom stereocenters. The molecule has 0 saturated heterocycles. The highest BCUT2D eigenvalue weighted by atomic mass is 15.0. The van der Waals surface area contributed by atoms with Crippen molar-refractivity contribution >= 4 is 11.6 Å². The van der Waals surface area contributed by atoms with Gasteiger partial charge in [-0.15, -0.1) is 0 Å². The summed E-state index contributed by atoms with van der Waals surface area (Å²) in [5.74, 6) is 0. The fourth-order valence-electron chi connectivity index (χ4n) is 3.47. The standard InChI is InChI=1S/C25H22N2/c1-19(17-20-11-5-3-6-12-20)22-15-9-10-16-23(22)24-25(27(2)18-26-24)21-13-7-4-8-14-21/h3-18H,1-2H3/b19-17+. The second-order valence-corrected chi connectivity index (χ2v) is 6.70. The van der Waals surface area contributed by atoms with Gasteiger partial charge in [0.1, 0.15) is 0 Å². The van der Waals surface area contributed by atoms with E-state index in [2.05, 4.69) is 90.4 Å². The molecule has 2 nitrogen and oxygen atoms in total. The molecule has 0 aliphatic rings. The second-order valence-electron chi connectivity index (χ2n) is 6.70. The maximum atomic E-state index is 4.75. The van der Waals surface area contributed by atoms with E-state index in [-0.39, 0.29) is 0 Å². The molecule has 2 heteroatoms. The van der Waals surface area contributed by atoms with E-state index in [1.54, 1.807) is 0 Å². The van der Waals surface area contributed by atoms with Crippen LogP contribution in [0.3, 0.4) is 0 Å². The Balaban J connectivity index is 1.85. The van der Waals surface area contributed by atoms with Gasteiger partial charge in [-0.25, -0.2) is 4.98 Å². The maximum Gasteiger partial charge on any atom is 0.0969 e. The molecule has 0 amide bonds. The summed E-state index contributed by atoms with van der Waals surface area (Å²) in [5, 5.41) is 0. The number of nitrogens with zero attached hydrogens (tertiary/aromatic N) is 2. The lowest BCUT2D eigenvalue weighted by Gasteiger charge is -2.12. The van der Waals surface area contributed by atoms with Gasteiger partial charge in [0, 0.05) is 18.2 Å². The number of aryl methyl sites for hydroxylation is 1. The van der Waals surface area contributed by atoms with Crippen LogP contribution in [0.15, 0.2) is 91.3 Å². The van der Waals surface area contributed by atoms with Crippen LogP contribution in [0.4, 0.5) is 0 Å². The van der Waals surface area contributed by atoms with Crippen LogP contribution in [0.25, 0.3) is 34.2 Å². The minimum absolute atomic E-state index is 1.01. The number of allylic oxidation sites excluding steroid dienone is 1. The van der Waals surface area contributed by atoms with Crippen LogP contribution in [0, 0.1) is 0 Å². The summed E-state index contributed by atoms with van der Waals surface area (Å²) in [6, 6.07) is 29.4. The minimum Gasteiger partial charge on any atom is -0.333 e. The van der Waals surface area contributed by atoms with Crippen molar-refractivity contribution < 1.29 is 0 Å². The maximum absolute atomic E-state index is 4.75.